The summed E-state index contributed by atoms with van der Waals surface area (Å²) >= 11 is 0. The Labute approximate surface area is 96.1 Å². The molecule has 0 amide bonds. The van der Waals surface area contributed by atoms with Gasteiger partial charge < -0.3 is 10.4 Å². The molecule has 0 saturated carbocycles. The standard InChI is InChI=1S/C10H19NO4S/c1-7(9-3-5-11-6-4-9)16(14,15)8(2)10(12)13/h7-9,11H,3-6H2,1-2H3,(H,12,13). The molecule has 0 bridgehead atoms. The Morgan fingerprint density at radius 1 is 1.31 bits per heavy atom. The Morgan fingerprint density at radius 3 is 2.25 bits per heavy atom. The van der Waals surface area contributed by atoms with Crippen LogP contribution in [0.1, 0.15) is 26.7 Å². The summed E-state index contributed by atoms with van der Waals surface area (Å²) in [6.07, 6.45) is 1.60. The van der Waals surface area contributed by atoms with E-state index < -0.39 is 26.3 Å². The molecule has 0 spiro atoms. The Kier molecular flexibility index (Phi) is 4.32. The average Bonchev–Trinajstić information content (AvgIpc) is 2.28. The Balaban J connectivity index is 2.78. The van der Waals surface area contributed by atoms with Crippen molar-refractivity contribution in [3.05, 3.63) is 0 Å². The molecule has 1 rings (SSSR count). The molecule has 2 atom stereocenters. The van der Waals surface area contributed by atoms with Gasteiger partial charge in [0.1, 0.15) is 0 Å². The summed E-state index contributed by atoms with van der Waals surface area (Å²) in [6, 6.07) is 0. The fourth-order valence-corrected chi connectivity index (χ4v) is 3.78. The molecule has 1 heterocycles. The van der Waals surface area contributed by atoms with E-state index in [1.54, 1.807) is 6.92 Å². The molecule has 1 fully saturated rings. The topological polar surface area (TPSA) is 83.5 Å². The van der Waals surface area contributed by atoms with Crippen molar-refractivity contribution < 1.29 is 18.3 Å². The molecule has 1 aliphatic heterocycles. The average molecular weight is 249 g/mol. The predicted octanol–water partition coefficient (Wildman–Crippen LogP) is 0.262. The summed E-state index contributed by atoms with van der Waals surface area (Å²) in [7, 11) is -3.57. The lowest BCUT2D eigenvalue weighted by Crippen LogP contribution is -2.41. The van der Waals surface area contributed by atoms with Crippen LogP contribution in [0.5, 0.6) is 0 Å². The van der Waals surface area contributed by atoms with Gasteiger partial charge in [0.2, 0.25) is 0 Å². The highest BCUT2D eigenvalue weighted by Crippen LogP contribution is 2.24. The van der Waals surface area contributed by atoms with Gasteiger partial charge in [-0.2, -0.15) is 0 Å². The minimum absolute atomic E-state index is 0.0769. The van der Waals surface area contributed by atoms with Gasteiger partial charge in [-0.1, -0.05) is 0 Å². The first-order valence-corrected chi connectivity index (χ1v) is 7.14. The number of nitrogens with one attached hydrogen (secondary N) is 1. The lowest BCUT2D eigenvalue weighted by atomic mass is 9.95. The maximum atomic E-state index is 12.0. The van der Waals surface area contributed by atoms with Crippen LogP contribution in [0.3, 0.4) is 0 Å². The second-order valence-electron chi connectivity index (χ2n) is 4.36. The molecule has 1 saturated heterocycles. The van der Waals surface area contributed by atoms with Crippen LogP contribution < -0.4 is 5.32 Å². The third kappa shape index (κ3) is 2.74. The number of hydrogen-bond acceptors (Lipinski definition) is 4. The Hall–Kier alpha value is -0.620. The quantitative estimate of drug-likeness (QED) is 0.747. The van der Waals surface area contributed by atoms with Crippen molar-refractivity contribution in [2.24, 2.45) is 5.92 Å². The van der Waals surface area contributed by atoms with Gasteiger partial charge in [0.15, 0.2) is 15.1 Å². The molecular formula is C10H19NO4S. The van der Waals surface area contributed by atoms with Crippen LogP contribution in [-0.2, 0) is 14.6 Å². The van der Waals surface area contributed by atoms with Gasteiger partial charge in [-0.3, -0.25) is 4.79 Å². The first-order valence-electron chi connectivity index (χ1n) is 5.53. The zero-order valence-corrected chi connectivity index (χ0v) is 10.5. The number of carbonyl (C=O) groups is 1. The van der Waals surface area contributed by atoms with Gasteiger partial charge in [0.05, 0.1) is 5.25 Å². The number of carboxylic acid groups (broad SMARTS) is 1. The molecule has 1 aliphatic rings. The molecule has 0 aromatic carbocycles. The van der Waals surface area contributed by atoms with Gasteiger partial charge in [-0.25, -0.2) is 8.42 Å². The number of sulfone groups is 1. The molecule has 2 unspecified atom stereocenters. The molecular weight excluding hydrogens is 230 g/mol. The summed E-state index contributed by atoms with van der Waals surface area (Å²) in [4.78, 5) is 10.7. The second-order valence-corrected chi connectivity index (χ2v) is 6.99. The number of piperidine rings is 1. The minimum Gasteiger partial charge on any atom is -0.480 e. The number of carboxylic acids is 1. The fraction of sp³-hybridized carbons (Fsp3) is 0.900. The number of aliphatic carboxylic acids is 1. The summed E-state index contributed by atoms with van der Waals surface area (Å²) in [6.45, 7) is 4.50. The third-order valence-corrected chi connectivity index (χ3v) is 6.01. The molecule has 16 heavy (non-hydrogen) atoms. The van der Waals surface area contributed by atoms with Crippen LogP contribution in [0, 0.1) is 5.92 Å². The monoisotopic (exact) mass is 249 g/mol. The van der Waals surface area contributed by atoms with Crippen molar-refractivity contribution in [1.82, 2.24) is 5.32 Å². The maximum Gasteiger partial charge on any atom is 0.321 e. The minimum atomic E-state index is -3.57. The summed E-state index contributed by atoms with van der Waals surface area (Å²) in [5.74, 6) is -1.19. The van der Waals surface area contributed by atoms with Crippen molar-refractivity contribution in [2.75, 3.05) is 13.1 Å². The lowest BCUT2D eigenvalue weighted by molar-refractivity contribution is -0.136. The molecule has 0 aromatic rings. The van der Waals surface area contributed by atoms with Gasteiger partial charge in [-0.05, 0) is 45.7 Å². The van der Waals surface area contributed by atoms with Crippen LogP contribution in [0.4, 0.5) is 0 Å². The van der Waals surface area contributed by atoms with Gasteiger partial charge in [-0.15, -0.1) is 0 Å². The van der Waals surface area contributed by atoms with E-state index in [0.29, 0.717) is 0 Å². The van der Waals surface area contributed by atoms with Crippen molar-refractivity contribution in [1.29, 1.82) is 0 Å². The van der Waals surface area contributed by atoms with Crippen LogP contribution in [-0.4, -0.2) is 43.1 Å². The van der Waals surface area contributed by atoms with Crippen molar-refractivity contribution in [3.8, 4) is 0 Å². The first kappa shape index (κ1) is 13.4. The van der Waals surface area contributed by atoms with Crippen LogP contribution in [0.25, 0.3) is 0 Å². The zero-order valence-electron chi connectivity index (χ0n) is 9.64. The molecule has 94 valence electrons. The second kappa shape index (κ2) is 5.14. The van der Waals surface area contributed by atoms with E-state index in [-0.39, 0.29) is 5.92 Å². The third-order valence-electron chi connectivity index (χ3n) is 3.41. The van der Waals surface area contributed by atoms with Crippen molar-refractivity contribution in [2.45, 2.75) is 37.2 Å². The molecule has 6 heteroatoms. The highest BCUT2D eigenvalue weighted by atomic mass is 32.2. The van der Waals surface area contributed by atoms with Gasteiger partial charge >= 0.3 is 5.97 Å². The van der Waals surface area contributed by atoms with Crippen molar-refractivity contribution in [3.63, 3.8) is 0 Å². The highest BCUT2D eigenvalue weighted by Gasteiger charge is 2.37. The maximum absolute atomic E-state index is 12.0. The molecule has 0 radical (unpaired) electrons. The Morgan fingerprint density at radius 2 is 1.81 bits per heavy atom. The lowest BCUT2D eigenvalue weighted by Gasteiger charge is -2.29. The number of hydrogen-bond donors (Lipinski definition) is 2. The number of rotatable bonds is 4. The van der Waals surface area contributed by atoms with Gasteiger partial charge in [0, 0.05) is 0 Å². The Bertz CT molecular complexity index is 346. The van der Waals surface area contributed by atoms with E-state index in [2.05, 4.69) is 5.32 Å². The first-order chi connectivity index (χ1) is 7.37. The van der Waals surface area contributed by atoms with Crippen LogP contribution in [0.2, 0.25) is 0 Å². The van der Waals surface area contributed by atoms with Gasteiger partial charge in [0.25, 0.3) is 0 Å². The SMILES string of the molecule is CC(C(=O)O)S(=O)(=O)C(C)C1CCNCC1. The normalized spacial score (nSPS) is 22.6. The van der Waals surface area contributed by atoms with E-state index >= 15 is 0 Å². The smallest absolute Gasteiger partial charge is 0.321 e. The van der Waals surface area contributed by atoms with E-state index in [1.807, 2.05) is 0 Å². The fourth-order valence-electron chi connectivity index (χ4n) is 2.04. The largest absolute Gasteiger partial charge is 0.480 e. The highest BCUT2D eigenvalue weighted by molar-refractivity contribution is 7.93. The van der Waals surface area contributed by atoms with Crippen LogP contribution >= 0.6 is 0 Å². The van der Waals surface area contributed by atoms with E-state index in [0.717, 1.165) is 25.9 Å². The van der Waals surface area contributed by atoms with E-state index in [9.17, 15) is 13.2 Å². The van der Waals surface area contributed by atoms with E-state index in [4.69, 9.17) is 5.11 Å². The predicted molar refractivity (Wildman–Crippen MR) is 61.1 cm³/mol. The van der Waals surface area contributed by atoms with Crippen LogP contribution in [0.15, 0.2) is 0 Å². The summed E-state index contributed by atoms with van der Waals surface area (Å²) in [5, 5.41) is 10.1. The zero-order chi connectivity index (χ0) is 12.3. The molecule has 5 nitrogen and oxygen atoms in total. The molecule has 2 N–H and O–H groups in total. The van der Waals surface area contributed by atoms with Crippen molar-refractivity contribution >= 4 is 15.8 Å². The molecule has 0 aromatic heterocycles. The van der Waals surface area contributed by atoms with E-state index in [1.165, 1.54) is 6.92 Å². The summed E-state index contributed by atoms with van der Waals surface area (Å²) < 4.78 is 23.9. The molecule has 0 aliphatic carbocycles. The summed E-state index contributed by atoms with van der Waals surface area (Å²) in [5.41, 5.74) is 0.